The number of hydrogen-bond acceptors (Lipinski definition) is 3. The van der Waals surface area contributed by atoms with E-state index in [0.717, 1.165) is 23.1 Å². The number of fused-ring (bicyclic) bond motifs is 2. The number of halogens is 1. The number of ether oxygens (including phenoxy) is 2. The predicted molar refractivity (Wildman–Crippen MR) is 83.7 cm³/mol. The van der Waals surface area contributed by atoms with Gasteiger partial charge in [-0.25, -0.2) is 0 Å². The lowest BCUT2D eigenvalue weighted by Crippen LogP contribution is -2.57. The molecule has 3 rings (SSSR count). The zero-order valence-electron chi connectivity index (χ0n) is 12.2. The van der Waals surface area contributed by atoms with Gasteiger partial charge in [0.25, 0.3) is 5.91 Å². The zero-order chi connectivity index (χ0) is 14.8. The molecular formula is C16H20BrNO3. The molecule has 0 aromatic heterocycles. The number of hydrogen-bond donors (Lipinski definition) is 0. The van der Waals surface area contributed by atoms with Crippen LogP contribution in [0.2, 0.25) is 0 Å². The first-order chi connectivity index (χ1) is 10.2. The number of piperidine rings is 1. The summed E-state index contributed by atoms with van der Waals surface area (Å²) in [7, 11) is 0. The smallest absolute Gasteiger partial charge is 0.254 e. The van der Waals surface area contributed by atoms with Gasteiger partial charge in [0.2, 0.25) is 0 Å². The van der Waals surface area contributed by atoms with Gasteiger partial charge in [-0.1, -0.05) is 0 Å². The van der Waals surface area contributed by atoms with Gasteiger partial charge in [-0.15, -0.1) is 0 Å². The number of nitrogens with zero attached hydrogens (tertiary/aromatic N) is 1. The summed E-state index contributed by atoms with van der Waals surface area (Å²) in [6.07, 6.45) is 3.27. The second-order valence-electron chi connectivity index (χ2n) is 5.57. The van der Waals surface area contributed by atoms with Gasteiger partial charge in [0.1, 0.15) is 5.75 Å². The summed E-state index contributed by atoms with van der Waals surface area (Å²) < 4.78 is 12.1. The van der Waals surface area contributed by atoms with Crippen LogP contribution in [-0.2, 0) is 4.74 Å². The van der Waals surface area contributed by atoms with Crippen LogP contribution in [0.1, 0.15) is 36.5 Å². The highest BCUT2D eigenvalue weighted by molar-refractivity contribution is 9.10. The third-order valence-corrected chi connectivity index (χ3v) is 4.85. The zero-order valence-corrected chi connectivity index (χ0v) is 13.8. The molecule has 2 aliphatic heterocycles. The van der Waals surface area contributed by atoms with Crippen LogP contribution in [0.15, 0.2) is 22.7 Å². The van der Waals surface area contributed by atoms with Crippen molar-refractivity contribution >= 4 is 21.8 Å². The van der Waals surface area contributed by atoms with Crippen molar-refractivity contribution in [2.75, 3.05) is 19.8 Å². The summed E-state index contributed by atoms with van der Waals surface area (Å²) in [5.74, 6) is 0.822. The van der Waals surface area contributed by atoms with E-state index in [1.54, 1.807) is 0 Å². The van der Waals surface area contributed by atoms with Crippen LogP contribution in [0.25, 0.3) is 0 Å². The Balaban J connectivity index is 1.86. The molecule has 1 aromatic carbocycles. The van der Waals surface area contributed by atoms with Crippen molar-refractivity contribution in [3.8, 4) is 5.75 Å². The minimum Gasteiger partial charge on any atom is -0.493 e. The third-order valence-electron chi connectivity index (χ3n) is 4.19. The maximum absolute atomic E-state index is 12.9. The Kier molecular flexibility index (Phi) is 4.50. The number of carbonyl (C=O) groups excluding carboxylic acids is 1. The Morgan fingerprint density at radius 1 is 1.38 bits per heavy atom. The van der Waals surface area contributed by atoms with E-state index in [9.17, 15) is 4.79 Å². The topological polar surface area (TPSA) is 38.8 Å². The summed E-state index contributed by atoms with van der Waals surface area (Å²) in [6, 6.07) is 6.03. The summed E-state index contributed by atoms with van der Waals surface area (Å²) >= 11 is 3.46. The van der Waals surface area contributed by atoms with Crippen LogP contribution >= 0.6 is 15.9 Å². The van der Waals surface area contributed by atoms with Gasteiger partial charge in [-0.3, -0.25) is 4.79 Å². The number of benzene rings is 1. The molecule has 0 aliphatic carbocycles. The van der Waals surface area contributed by atoms with Gasteiger partial charge in [0.15, 0.2) is 0 Å². The molecule has 4 nitrogen and oxygen atoms in total. The number of amides is 1. The molecule has 2 bridgehead atoms. The molecule has 2 fully saturated rings. The maximum Gasteiger partial charge on any atom is 0.254 e. The van der Waals surface area contributed by atoms with Gasteiger partial charge in [0, 0.05) is 5.56 Å². The van der Waals surface area contributed by atoms with E-state index in [1.165, 1.54) is 6.42 Å². The first kappa shape index (κ1) is 14.9. The minimum atomic E-state index is 0.0986. The molecule has 114 valence electrons. The Labute approximate surface area is 133 Å². The fourth-order valence-electron chi connectivity index (χ4n) is 3.22. The van der Waals surface area contributed by atoms with Crippen LogP contribution < -0.4 is 4.74 Å². The maximum atomic E-state index is 12.9. The molecule has 0 saturated carbocycles. The van der Waals surface area contributed by atoms with Crippen LogP contribution in [-0.4, -0.2) is 42.7 Å². The van der Waals surface area contributed by atoms with Crippen LogP contribution in [0, 0.1) is 0 Å². The molecule has 0 N–H and O–H groups in total. The van der Waals surface area contributed by atoms with Crippen molar-refractivity contribution in [2.45, 2.75) is 38.3 Å². The molecule has 2 aliphatic rings. The summed E-state index contributed by atoms with van der Waals surface area (Å²) in [6.45, 7) is 3.85. The van der Waals surface area contributed by atoms with E-state index in [2.05, 4.69) is 15.9 Å². The van der Waals surface area contributed by atoms with Crippen molar-refractivity contribution in [2.24, 2.45) is 0 Å². The van der Waals surface area contributed by atoms with Crippen molar-refractivity contribution in [1.82, 2.24) is 4.90 Å². The standard InChI is InChI=1S/C16H20BrNO3/c1-2-21-15-8-11(6-7-14(15)17)16(19)18-12-4-3-5-13(18)10-20-9-12/h6-8,12-13H,2-5,9-10H2,1H3. The van der Waals surface area contributed by atoms with E-state index >= 15 is 0 Å². The van der Waals surface area contributed by atoms with Crippen molar-refractivity contribution < 1.29 is 14.3 Å². The van der Waals surface area contributed by atoms with Gasteiger partial charge in [0.05, 0.1) is 36.4 Å². The Morgan fingerprint density at radius 2 is 2.10 bits per heavy atom. The average Bonchev–Trinajstić information content (AvgIpc) is 2.48. The summed E-state index contributed by atoms with van der Waals surface area (Å²) in [5.41, 5.74) is 0.695. The molecule has 1 amide bonds. The lowest BCUT2D eigenvalue weighted by molar-refractivity contribution is -0.0566. The van der Waals surface area contributed by atoms with Crippen LogP contribution in [0.3, 0.4) is 0 Å². The number of carbonyl (C=O) groups is 1. The van der Waals surface area contributed by atoms with E-state index in [1.807, 2.05) is 30.0 Å². The van der Waals surface area contributed by atoms with Gasteiger partial charge in [-0.2, -0.15) is 0 Å². The summed E-state index contributed by atoms with van der Waals surface area (Å²) in [4.78, 5) is 14.9. The quantitative estimate of drug-likeness (QED) is 0.837. The average molecular weight is 354 g/mol. The SMILES string of the molecule is CCOc1cc(C(=O)N2C3CCCC2COC3)ccc1Br. The molecular weight excluding hydrogens is 334 g/mol. The van der Waals surface area contributed by atoms with Crippen molar-refractivity contribution in [3.63, 3.8) is 0 Å². The highest BCUT2D eigenvalue weighted by Crippen LogP contribution is 2.31. The second-order valence-corrected chi connectivity index (χ2v) is 6.42. The number of rotatable bonds is 3. The molecule has 1 aromatic rings. The monoisotopic (exact) mass is 353 g/mol. The molecule has 0 radical (unpaired) electrons. The second kappa shape index (κ2) is 6.36. The molecule has 0 spiro atoms. The van der Waals surface area contributed by atoms with Crippen molar-refractivity contribution in [3.05, 3.63) is 28.2 Å². The van der Waals surface area contributed by atoms with E-state index in [0.29, 0.717) is 25.4 Å². The molecule has 2 atom stereocenters. The molecule has 21 heavy (non-hydrogen) atoms. The minimum absolute atomic E-state index is 0.0986. The third kappa shape index (κ3) is 2.94. The molecule has 2 unspecified atom stereocenters. The summed E-state index contributed by atoms with van der Waals surface area (Å²) in [5, 5.41) is 0. The van der Waals surface area contributed by atoms with E-state index in [-0.39, 0.29) is 18.0 Å². The molecule has 2 saturated heterocycles. The van der Waals surface area contributed by atoms with E-state index in [4.69, 9.17) is 9.47 Å². The first-order valence-electron chi connectivity index (χ1n) is 7.53. The largest absolute Gasteiger partial charge is 0.493 e. The fraction of sp³-hybridized carbons (Fsp3) is 0.562. The predicted octanol–water partition coefficient (Wildman–Crippen LogP) is 3.24. The van der Waals surface area contributed by atoms with Gasteiger partial charge in [-0.05, 0) is 60.3 Å². The van der Waals surface area contributed by atoms with Gasteiger partial charge < -0.3 is 14.4 Å². The van der Waals surface area contributed by atoms with Crippen molar-refractivity contribution in [1.29, 1.82) is 0 Å². The lowest BCUT2D eigenvalue weighted by Gasteiger charge is -2.45. The molecule has 5 heteroatoms. The van der Waals surface area contributed by atoms with E-state index < -0.39 is 0 Å². The highest BCUT2D eigenvalue weighted by atomic mass is 79.9. The Morgan fingerprint density at radius 3 is 2.76 bits per heavy atom. The highest BCUT2D eigenvalue weighted by Gasteiger charge is 2.38. The molecule has 2 heterocycles. The van der Waals surface area contributed by atoms with Crippen LogP contribution in [0.4, 0.5) is 0 Å². The first-order valence-corrected chi connectivity index (χ1v) is 8.32. The fourth-order valence-corrected chi connectivity index (χ4v) is 3.58. The Bertz CT molecular complexity index is 512. The number of morpholine rings is 1. The normalized spacial score (nSPS) is 24.8. The van der Waals surface area contributed by atoms with Gasteiger partial charge >= 0.3 is 0 Å². The lowest BCUT2D eigenvalue weighted by atomic mass is 9.93. The van der Waals surface area contributed by atoms with Crippen LogP contribution in [0.5, 0.6) is 5.75 Å². The Hall–Kier alpha value is -1.07.